The van der Waals surface area contributed by atoms with Crippen LogP contribution in [0.1, 0.15) is 37.7 Å². The van der Waals surface area contributed by atoms with Gasteiger partial charge in [-0.1, -0.05) is 26.0 Å². The second kappa shape index (κ2) is 14.0. The first kappa shape index (κ1) is 26.8. The molecule has 1 aromatic rings. The highest BCUT2D eigenvalue weighted by molar-refractivity contribution is 5.92. The van der Waals surface area contributed by atoms with Gasteiger partial charge in [-0.3, -0.25) is 14.6 Å². The van der Waals surface area contributed by atoms with E-state index >= 15 is 0 Å². The molecule has 0 saturated heterocycles. The summed E-state index contributed by atoms with van der Waals surface area (Å²) >= 11 is 0. The van der Waals surface area contributed by atoms with Gasteiger partial charge in [0.2, 0.25) is 5.91 Å². The van der Waals surface area contributed by atoms with Gasteiger partial charge in [-0.15, -0.1) is 0 Å². The standard InChI is InChI=1S/C23H36N4O6/c1-17(2)6-13-33-21-15-27(18(3)28)11-10-26(23(31)19-14-24-7-8-25-19)9-4-5-12-32-16-20(29)22(21)30/h4-5,7-8,14,17,20-22,29-30H,6,9-13,15-16H2,1-3H3/b5-4-/t20-,21-,22-/m0/s1. The van der Waals surface area contributed by atoms with Gasteiger partial charge in [0.15, 0.2) is 0 Å². The minimum atomic E-state index is -1.23. The maximum absolute atomic E-state index is 12.9. The van der Waals surface area contributed by atoms with Crippen LogP contribution in [0.5, 0.6) is 0 Å². The van der Waals surface area contributed by atoms with E-state index in [9.17, 15) is 19.8 Å². The monoisotopic (exact) mass is 464 g/mol. The highest BCUT2D eigenvalue weighted by Gasteiger charge is 2.30. The smallest absolute Gasteiger partial charge is 0.274 e. The molecule has 2 rings (SSSR count). The molecule has 0 radical (unpaired) electrons. The van der Waals surface area contributed by atoms with Crippen molar-refractivity contribution < 1.29 is 29.3 Å². The molecule has 2 N–H and O–H groups in total. The summed E-state index contributed by atoms with van der Waals surface area (Å²) in [5.74, 6) is -0.116. The van der Waals surface area contributed by atoms with Crippen molar-refractivity contribution in [3.8, 4) is 0 Å². The first-order valence-corrected chi connectivity index (χ1v) is 11.3. The van der Waals surface area contributed by atoms with E-state index in [1.54, 1.807) is 17.1 Å². The Morgan fingerprint density at radius 2 is 1.97 bits per heavy atom. The van der Waals surface area contributed by atoms with Crippen molar-refractivity contribution in [1.82, 2.24) is 19.8 Å². The molecule has 2 heterocycles. The Morgan fingerprint density at radius 1 is 1.21 bits per heavy atom. The van der Waals surface area contributed by atoms with E-state index in [2.05, 4.69) is 23.8 Å². The minimum absolute atomic E-state index is 0.0780. The predicted octanol–water partition coefficient (Wildman–Crippen LogP) is 0.507. The van der Waals surface area contributed by atoms with Crippen molar-refractivity contribution in [2.75, 3.05) is 46.0 Å². The molecule has 0 unspecified atom stereocenters. The second-order valence-electron chi connectivity index (χ2n) is 8.47. The van der Waals surface area contributed by atoms with Crippen molar-refractivity contribution in [3.63, 3.8) is 0 Å². The molecule has 2 amide bonds. The Bertz CT molecular complexity index is 761. The molecule has 0 spiro atoms. The quantitative estimate of drug-likeness (QED) is 0.604. The zero-order chi connectivity index (χ0) is 24.2. The van der Waals surface area contributed by atoms with Crippen molar-refractivity contribution in [3.05, 3.63) is 36.4 Å². The van der Waals surface area contributed by atoms with Crippen LogP contribution in [0, 0.1) is 5.92 Å². The van der Waals surface area contributed by atoms with Gasteiger partial charge in [0.25, 0.3) is 5.91 Å². The molecule has 1 aliphatic heterocycles. The number of aliphatic hydroxyl groups excluding tert-OH is 2. The normalized spacial score (nSPS) is 24.4. The number of rotatable bonds is 5. The van der Waals surface area contributed by atoms with E-state index in [1.807, 2.05) is 0 Å². The van der Waals surface area contributed by atoms with Crippen molar-refractivity contribution in [2.45, 2.75) is 45.5 Å². The number of aliphatic hydroxyl groups is 2. The van der Waals surface area contributed by atoms with E-state index in [1.165, 1.54) is 30.4 Å². The van der Waals surface area contributed by atoms with Gasteiger partial charge in [0.05, 0.1) is 19.4 Å². The fourth-order valence-corrected chi connectivity index (χ4v) is 3.27. The number of nitrogens with zero attached hydrogens (tertiary/aromatic N) is 4. The third kappa shape index (κ3) is 9.17. The lowest BCUT2D eigenvalue weighted by Crippen LogP contribution is -2.50. The van der Waals surface area contributed by atoms with Gasteiger partial charge in [-0.05, 0) is 12.3 Å². The van der Waals surface area contributed by atoms with Crippen LogP contribution in [0.25, 0.3) is 0 Å². The van der Waals surface area contributed by atoms with Crippen LogP contribution in [0.2, 0.25) is 0 Å². The first-order chi connectivity index (χ1) is 15.8. The third-order valence-corrected chi connectivity index (χ3v) is 5.35. The van der Waals surface area contributed by atoms with E-state index in [4.69, 9.17) is 9.47 Å². The van der Waals surface area contributed by atoms with Gasteiger partial charge in [0.1, 0.15) is 24.0 Å². The molecule has 3 atom stereocenters. The summed E-state index contributed by atoms with van der Waals surface area (Å²) in [4.78, 5) is 36.4. The minimum Gasteiger partial charge on any atom is -0.388 e. The average molecular weight is 465 g/mol. The van der Waals surface area contributed by atoms with Crippen LogP contribution in [0.4, 0.5) is 0 Å². The van der Waals surface area contributed by atoms with E-state index < -0.39 is 18.3 Å². The van der Waals surface area contributed by atoms with Crippen LogP contribution in [0.3, 0.4) is 0 Å². The zero-order valence-corrected chi connectivity index (χ0v) is 19.7. The molecule has 1 aliphatic rings. The molecule has 0 aliphatic carbocycles. The molecule has 0 fully saturated rings. The van der Waals surface area contributed by atoms with Crippen LogP contribution < -0.4 is 0 Å². The molecule has 184 valence electrons. The lowest BCUT2D eigenvalue weighted by atomic mass is 10.1. The molecule has 10 nitrogen and oxygen atoms in total. The molecule has 0 aromatic carbocycles. The number of ether oxygens (including phenoxy) is 2. The summed E-state index contributed by atoms with van der Waals surface area (Å²) in [6.07, 6.45) is 5.45. The predicted molar refractivity (Wildman–Crippen MR) is 121 cm³/mol. The number of carbonyl (C=O) groups is 2. The molecule has 0 bridgehead atoms. The summed E-state index contributed by atoms with van der Waals surface area (Å²) < 4.78 is 11.3. The molecule has 1 aromatic heterocycles. The number of hydrogen-bond acceptors (Lipinski definition) is 8. The van der Waals surface area contributed by atoms with Gasteiger partial charge in [0, 0.05) is 52.1 Å². The highest BCUT2D eigenvalue weighted by atomic mass is 16.5. The maximum Gasteiger partial charge on any atom is 0.274 e. The van der Waals surface area contributed by atoms with E-state index in [-0.39, 0.29) is 50.4 Å². The van der Waals surface area contributed by atoms with E-state index in [0.717, 1.165) is 6.42 Å². The Hall–Kier alpha value is -2.40. The van der Waals surface area contributed by atoms with Crippen molar-refractivity contribution in [2.24, 2.45) is 5.92 Å². The zero-order valence-electron chi connectivity index (χ0n) is 19.7. The Morgan fingerprint density at radius 3 is 2.64 bits per heavy atom. The van der Waals surface area contributed by atoms with Gasteiger partial charge < -0.3 is 29.5 Å². The SMILES string of the molecule is CC(=O)N1CCN(C(=O)c2cnccn2)C/C=C\COC[C@H](O)[C@H](O)[C@@H](OCCC(C)C)C1. The van der Waals surface area contributed by atoms with E-state index in [0.29, 0.717) is 19.1 Å². The lowest BCUT2D eigenvalue weighted by molar-refractivity contribution is -0.139. The molecular formula is C23H36N4O6. The lowest BCUT2D eigenvalue weighted by Gasteiger charge is -2.33. The molecule has 33 heavy (non-hydrogen) atoms. The first-order valence-electron chi connectivity index (χ1n) is 11.3. The maximum atomic E-state index is 12.9. The average Bonchev–Trinajstić information content (AvgIpc) is 2.79. The molecular weight excluding hydrogens is 428 g/mol. The molecule has 10 heteroatoms. The van der Waals surface area contributed by atoms with Crippen LogP contribution in [0.15, 0.2) is 30.7 Å². The Balaban J connectivity index is 2.21. The number of carbonyl (C=O) groups excluding carboxylic acids is 2. The van der Waals surface area contributed by atoms with Gasteiger partial charge in [-0.25, -0.2) is 4.98 Å². The summed E-state index contributed by atoms with van der Waals surface area (Å²) in [7, 11) is 0. The van der Waals surface area contributed by atoms with Crippen LogP contribution >= 0.6 is 0 Å². The summed E-state index contributed by atoms with van der Waals surface area (Å²) in [6, 6.07) is 0. The second-order valence-corrected chi connectivity index (χ2v) is 8.47. The fraction of sp³-hybridized carbons (Fsp3) is 0.652. The number of aromatic nitrogens is 2. The fourth-order valence-electron chi connectivity index (χ4n) is 3.27. The van der Waals surface area contributed by atoms with Crippen LogP contribution in [-0.4, -0.2) is 106 Å². The van der Waals surface area contributed by atoms with Crippen LogP contribution in [-0.2, 0) is 14.3 Å². The number of amides is 2. The Kier molecular flexibility index (Phi) is 11.4. The van der Waals surface area contributed by atoms with Crippen molar-refractivity contribution >= 4 is 11.8 Å². The summed E-state index contributed by atoms with van der Waals surface area (Å²) in [5, 5.41) is 21.1. The van der Waals surface area contributed by atoms with Crippen molar-refractivity contribution in [1.29, 1.82) is 0 Å². The largest absolute Gasteiger partial charge is 0.388 e. The molecule has 0 saturated carbocycles. The van der Waals surface area contributed by atoms with Gasteiger partial charge in [-0.2, -0.15) is 0 Å². The van der Waals surface area contributed by atoms with Gasteiger partial charge >= 0.3 is 0 Å². The number of hydrogen-bond donors (Lipinski definition) is 2. The third-order valence-electron chi connectivity index (χ3n) is 5.35. The summed E-state index contributed by atoms with van der Waals surface area (Å²) in [6.45, 7) is 6.93. The summed E-state index contributed by atoms with van der Waals surface area (Å²) in [5.41, 5.74) is 0.214. The highest BCUT2D eigenvalue weighted by Crippen LogP contribution is 2.12. The topological polar surface area (TPSA) is 125 Å². The Labute approximate surface area is 195 Å².